The molecule has 0 aromatic heterocycles. The Kier molecular flexibility index (Phi) is 7.48. The minimum atomic E-state index is -0.847. The molecule has 0 bridgehead atoms. The molecule has 1 saturated carbocycles. The molecule has 3 N–H and O–H groups in total. The van der Waals surface area contributed by atoms with Crippen molar-refractivity contribution < 1.29 is 23.9 Å². The topological polar surface area (TPSA) is 108 Å². The number of rotatable bonds is 5. The average Bonchev–Trinajstić information content (AvgIpc) is 2.44. The molecule has 1 rings (SSSR count). The highest BCUT2D eigenvalue weighted by Crippen LogP contribution is 2.27. The first-order valence-electron chi connectivity index (χ1n) is 8.14. The minimum absolute atomic E-state index is 0.418. The second kappa shape index (κ2) is 8.86. The number of carbonyl (C=O) groups is 3. The van der Waals surface area contributed by atoms with E-state index in [1.165, 1.54) is 6.42 Å². The van der Waals surface area contributed by atoms with Crippen molar-refractivity contribution in [2.75, 3.05) is 6.54 Å². The third-order valence-electron chi connectivity index (χ3n) is 3.61. The molecule has 1 aliphatic carbocycles. The molecule has 0 saturated heterocycles. The molecular weight excluding hydrogens is 300 g/mol. The number of amides is 1. The molecule has 7 nitrogen and oxygen atoms in total. The smallest absolute Gasteiger partial charge is 0.408 e. The zero-order valence-corrected chi connectivity index (χ0v) is 14.2. The number of carbonyl (C=O) groups excluding carboxylic acids is 3. The molecule has 1 atom stereocenters. The Bertz CT molecular complexity index is 425. The predicted molar refractivity (Wildman–Crippen MR) is 84.5 cm³/mol. The summed E-state index contributed by atoms with van der Waals surface area (Å²) < 4.78 is 9.63. The van der Waals surface area contributed by atoms with Crippen LogP contribution in [0.3, 0.4) is 0 Å². The maximum absolute atomic E-state index is 11.8. The van der Waals surface area contributed by atoms with E-state index in [4.69, 9.17) is 10.5 Å². The fraction of sp³-hybridized carbons (Fsp3) is 0.812. The van der Waals surface area contributed by atoms with E-state index in [-0.39, 0.29) is 0 Å². The zero-order chi connectivity index (χ0) is 17.5. The van der Waals surface area contributed by atoms with E-state index in [2.05, 4.69) is 10.1 Å². The first-order chi connectivity index (χ1) is 10.7. The highest BCUT2D eigenvalue weighted by atomic mass is 16.6. The minimum Gasteiger partial charge on any atom is -0.444 e. The number of esters is 2. The number of nitrogens with two attached hydrogens (primary N) is 1. The molecule has 1 amide bonds. The molecule has 0 aromatic carbocycles. The Labute approximate surface area is 137 Å². The van der Waals surface area contributed by atoms with Crippen LogP contribution in [0, 0.1) is 5.92 Å². The molecule has 1 aliphatic rings. The summed E-state index contributed by atoms with van der Waals surface area (Å²) in [6.45, 7) is 4.69. The summed E-state index contributed by atoms with van der Waals surface area (Å²) in [7, 11) is 0. The van der Waals surface area contributed by atoms with Gasteiger partial charge in [0.05, 0.1) is 0 Å². The second-order valence-corrected chi connectivity index (χ2v) is 6.99. The molecular formula is C16H28N2O5. The number of hydrogen-bond acceptors (Lipinski definition) is 6. The Morgan fingerprint density at radius 2 is 1.78 bits per heavy atom. The van der Waals surface area contributed by atoms with Crippen molar-refractivity contribution in [1.29, 1.82) is 0 Å². The second-order valence-electron chi connectivity index (χ2n) is 6.99. The normalized spacial score (nSPS) is 17.2. The van der Waals surface area contributed by atoms with Crippen LogP contribution in [0.5, 0.6) is 0 Å². The fourth-order valence-corrected chi connectivity index (χ4v) is 2.56. The van der Waals surface area contributed by atoms with E-state index in [0.717, 1.165) is 25.7 Å². The van der Waals surface area contributed by atoms with Crippen molar-refractivity contribution in [2.45, 2.75) is 70.9 Å². The van der Waals surface area contributed by atoms with Crippen molar-refractivity contribution in [2.24, 2.45) is 11.7 Å². The summed E-state index contributed by atoms with van der Waals surface area (Å²) in [6.07, 6.45) is 5.46. The molecule has 0 heterocycles. The van der Waals surface area contributed by atoms with Gasteiger partial charge in [-0.05, 0) is 33.1 Å². The summed E-state index contributed by atoms with van der Waals surface area (Å²) >= 11 is 0. The SMILES string of the molecule is CC(C)(C)OC(=O)NCC(=O)OC(=O)[C@H](N)CC1CCCCC1. The molecule has 7 heteroatoms. The van der Waals surface area contributed by atoms with Gasteiger partial charge in [-0.1, -0.05) is 32.1 Å². The molecule has 23 heavy (non-hydrogen) atoms. The first-order valence-corrected chi connectivity index (χ1v) is 8.14. The van der Waals surface area contributed by atoms with Crippen molar-refractivity contribution >= 4 is 18.0 Å². The molecule has 0 unspecified atom stereocenters. The first kappa shape index (κ1) is 19.4. The van der Waals surface area contributed by atoms with Gasteiger partial charge >= 0.3 is 18.0 Å². The van der Waals surface area contributed by atoms with E-state index in [1.807, 2.05) is 0 Å². The lowest BCUT2D eigenvalue weighted by Crippen LogP contribution is -2.40. The number of nitrogens with one attached hydrogen (secondary N) is 1. The van der Waals surface area contributed by atoms with E-state index >= 15 is 0 Å². The van der Waals surface area contributed by atoms with Gasteiger partial charge in [-0.2, -0.15) is 0 Å². The lowest BCUT2D eigenvalue weighted by molar-refractivity contribution is -0.160. The van der Waals surface area contributed by atoms with E-state index < -0.39 is 36.2 Å². The van der Waals surface area contributed by atoms with Gasteiger partial charge in [-0.3, -0.25) is 0 Å². The Morgan fingerprint density at radius 3 is 2.35 bits per heavy atom. The number of hydrogen-bond donors (Lipinski definition) is 2. The van der Waals surface area contributed by atoms with E-state index in [0.29, 0.717) is 12.3 Å². The lowest BCUT2D eigenvalue weighted by atomic mass is 9.85. The van der Waals surface area contributed by atoms with E-state index in [1.54, 1.807) is 20.8 Å². The van der Waals surface area contributed by atoms with Crippen molar-refractivity contribution in [3.63, 3.8) is 0 Å². The van der Waals surface area contributed by atoms with Crippen molar-refractivity contribution in [3.8, 4) is 0 Å². The van der Waals surface area contributed by atoms with Crippen LogP contribution in [-0.4, -0.2) is 36.2 Å². The van der Waals surface area contributed by atoms with Crippen LogP contribution < -0.4 is 11.1 Å². The zero-order valence-electron chi connectivity index (χ0n) is 14.2. The fourth-order valence-electron chi connectivity index (χ4n) is 2.56. The summed E-state index contributed by atoms with van der Waals surface area (Å²) in [4.78, 5) is 34.7. The molecule has 0 aliphatic heterocycles. The van der Waals surface area contributed by atoms with Crippen LogP contribution in [-0.2, 0) is 19.1 Å². The maximum Gasteiger partial charge on any atom is 0.408 e. The van der Waals surface area contributed by atoms with Gasteiger partial charge in [0.1, 0.15) is 18.2 Å². The van der Waals surface area contributed by atoms with Crippen molar-refractivity contribution in [1.82, 2.24) is 5.32 Å². The molecule has 1 fully saturated rings. The summed E-state index contributed by atoms with van der Waals surface area (Å²) in [5.74, 6) is -1.17. The number of ether oxygens (including phenoxy) is 2. The molecule has 0 aromatic rings. The standard InChI is InChI=1S/C16H28N2O5/c1-16(2,3)23-15(21)18-10-13(19)22-14(20)12(17)9-11-7-5-4-6-8-11/h11-12H,4-10,17H2,1-3H3,(H,18,21)/t12-/m1/s1. The van der Waals surface area contributed by atoms with Gasteiger partial charge in [0.2, 0.25) is 0 Å². The largest absolute Gasteiger partial charge is 0.444 e. The predicted octanol–water partition coefficient (Wildman–Crippen LogP) is 1.88. The Hall–Kier alpha value is -1.63. The van der Waals surface area contributed by atoms with Crippen LogP contribution >= 0.6 is 0 Å². The van der Waals surface area contributed by atoms with E-state index in [9.17, 15) is 14.4 Å². The van der Waals surface area contributed by atoms with Crippen LogP contribution in [0.1, 0.15) is 59.3 Å². The molecule has 132 valence electrons. The van der Waals surface area contributed by atoms with Gasteiger partial charge < -0.3 is 20.5 Å². The van der Waals surface area contributed by atoms with Gasteiger partial charge in [-0.15, -0.1) is 0 Å². The van der Waals surface area contributed by atoms with Crippen LogP contribution in [0.4, 0.5) is 4.79 Å². The Morgan fingerprint density at radius 1 is 1.17 bits per heavy atom. The number of alkyl carbamates (subject to hydrolysis) is 1. The quantitative estimate of drug-likeness (QED) is 0.589. The van der Waals surface area contributed by atoms with Crippen LogP contribution in [0.25, 0.3) is 0 Å². The Balaban J connectivity index is 2.26. The van der Waals surface area contributed by atoms with Gasteiger partial charge in [0.25, 0.3) is 0 Å². The summed E-state index contributed by atoms with van der Waals surface area (Å²) in [5, 5.41) is 2.24. The summed E-state index contributed by atoms with van der Waals surface area (Å²) in [6, 6.07) is -0.802. The average molecular weight is 328 g/mol. The third-order valence-corrected chi connectivity index (χ3v) is 3.61. The van der Waals surface area contributed by atoms with Gasteiger partial charge in [0, 0.05) is 0 Å². The van der Waals surface area contributed by atoms with Crippen LogP contribution in [0.15, 0.2) is 0 Å². The lowest BCUT2D eigenvalue weighted by Gasteiger charge is -2.23. The van der Waals surface area contributed by atoms with Crippen LogP contribution in [0.2, 0.25) is 0 Å². The highest BCUT2D eigenvalue weighted by molar-refractivity contribution is 5.90. The molecule has 0 radical (unpaired) electrons. The van der Waals surface area contributed by atoms with Gasteiger partial charge in [0.15, 0.2) is 0 Å². The van der Waals surface area contributed by atoms with Gasteiger partial charge in [-0.25, -0.2) is 14.4 Å². The molecule has 0 spiro atoms. The highest BCUT2D eigenvalue weighted by Gasteiger charge is 2.24. The summed E-state index contributed by atoms with van der Waals surface area (Å²) in [5.41, 5.74) is 5.14. The van der Waals surface area contributed by atoms with Crippen molar-refractivity contribution in [3.05, 3.63) is 0 Å². The monoisotopic (exact) mass is 328 g/mol. The third kappa shape index (κ3) is 8.54. The maximum atomic E-state index is 11.8.